The lowest BCUT2D eigenvalue weighted by atomic mass is 9.99. The Bertz CT molecular complexity index is 960. The Hall–Kier alpha value is -2.64. The zero-order chi connectivity index (χ0) is 19.1. The Kier molecular flexibility index (Phi) is 4.49. The number of rotatable bonds is 2. The number of likely N-dealkylation sites (tertiary alicyclic amines) is 1. The van der Waals surface area contributed by atoms with E-state index in [0.29, 0.717) is 37.1 Å². The van der Waals surface area contributed by atoms with Gasteiger partial charge in [0.15, 0.2) is 5.65 Å². The van der Waals surface area contributed by atoms with E-state index in [1.165, 1.54) is 11.4 Å². The molecule has 1 saturated heterocycles. The Morgan fingerprint density at radius 2 is 2.11 bits per heavy atom. The van der Waals surface area contributed by atoms with Gasteiger partial charge >= 0.3 is 0 Å². The number of amides is 2. The van der Waals surface area contributed by atoms with Gasteiger partial charge in [0.2, 0.25) is 11.8 Å². The van der Waals surface area contributed by atoms with Crippen molar-refractivity contribution < 1.29 is 9.59 Å². The summed E-state index contributed by atoms with van der Waals surface area (Å²) >= 11 is 0. The molecule has 0 unspecified atom stereocenters. The molecule has 4 heterocycles. The van der Waals surface area contributed by atoms with E-state index in [-0.39, 0.29) is 23.4 Å². The predicted molar refractivity (Wildman–Crippen MR) is 99.2 cm³/mol. The van der Waals surface area contributed by atoms with Crippen molar-refractivity contribution in [2.45, 2.75) is 58.5 Å². The Labute approximate surface area is 157 Å². The fourth-order valence-electron chi connectivity index (χ4n) is 4.20. The summed E-state index contributed by atoms with van der Waals surface area (Å²) in [6.07, 6.45) is 4.01. The molecular weight excluding hydrogens is 346 g/mol. The number of aromatic amines is 1. The average Bonchev–Trinajstić information content (AvgIpc) is 3.11. The van der Waals surface area contributed by atoms with Gasteiger partial charge in [-0.1, -0.05) is 6.92 Å². The third-order valence-electron chi connectivity index (χ3n) is 5.71. The van der Waals surface area contributed by atoms with Crippen LogP contribution in [0.1, 0.15) is 62.5 Å². The molecule has 0 spiro atoms. The molecule has 2 aromatic rings. The van der Waals surface area contributed by atoms with Crippen LogP contribution in [-0.4, -0.2) is 49.3 Å². The smallest absolute Gasteiger partial charge is 0.277 e. The fraction of sp³-hybridized carbons (Fsp3) is 0.579. The van der Waals surface area contributed by atoms with Crippen LogP contribution in [0.2, 0.25) is 0 Å². The Morgan fingerprint density at radius 1 is 1.30 bits per heavy atom. The van der Waals surface area contributed by atoms with Crippen LogP contribution < -0.4 is 5.56 Å². The molecule has 1 atom stereocenters. The molecule has 2 aliphatic heterocycles. The minimum Gasteiger partial charge on any atom is -0.338 e. The highest BCUT2D eigenvalue weighted by atomic mass is 16.2. The van der Waals surface area contributed by atoms with Gasteiger partial charge in [-0.15, -0.1) is 0 Å². The first-order chi connectivity index (χ1) is 13.0. The molecule has 4 rings (SSSR count). The molecule has 27 heavy (non-hydrogen) atoms. The summed E-state index contributed by atoms with van der Waals surface area (Å²) in [6, 6.07) is 1.85. The fourth-order valence-corrected chi connectivity index (χ4v) is 4.20. The second-order valence-corrected chi connectivity index (χ2v) is 7.39. The van der Waals surface area contributed by atoms with Crippen LogP contribution in [0.5, 0.6) is 0 Å². The molecule has 2 amide bonds. The zero-order valence-corrected chi connectivity index (χ0v) is 15.8. The first kappa shape index (κ1) is 17.8. The van der Waals surface area contributed by atoms with Gasteiger partial charge in [0.1, 0.15) is 0 Å². The largest absolute Gasteiger partial charge is 0.338 e. The van der Waals surface area contributed by atoms with E-state index in [1.54, 1.807) is 4.90 Å². The zero-order valence-electron chi connectivity index (χ0n) is 15.8. The quantitative estimate of drug-likeness (QED) is 0.864. The summed E-state index contributed by atoms with van der Waals surface area (Å²) in [5.41, 5.74) is 2.63. The predicted octanol–water partition coefficient (Wildman–Crippen LogP) is 1.39. The number of nitrogens with zero attached hydrogens (tertiary/aromatic N) is 4. The number of carbonyl (C=O) groups is 2. The van der Waals surface area contributed by atoms with Gasteiger partial charge in [-0.2, -0.15) is 0 Å². The highest BCUT2D eigenvalue weighted by molar-refractivity contribution is 5.76. The monoisotopic (exact) mass is 371 g/mol. The maximum absolute atomic E-state index is 13.0. The van der Waals surface area contributed by atoms with Gasteiger partial charge in [0, 0.05) is 38.9 Å². The lowest BCUT2D eigenvalue weighted by Gasteiger charge is -2.35. The summed E-state index contributed by atoms with van der Waals surface area (Å²) in [6.45, 7) is 5.03. The van der Waals surface area contributed by atoms with Crippen LogP contribution in [0, 0.1) is 0 Å². The molecule has 0 aromatic carbocycles. The molecule has 1 N–H and O–H groups in total. The van der Waals surface area contributed by atoms with Gasteiger partial charge in [0.25, 0.3) is 5.56 Å². The Morgan fingerprint density at radius 3 is 2.85 bits per heavy atom. The maximum atomic E-state index is 13.0. The number of fused-ring (bicyclic) bond motifs is 2. The van der Waals surface area contributed by atoms with Gasteiger partial charge in [-0.25, -0.2) is 9.50 Å². The van der Waals surface area contributed by atoms with Gasteiger partial charge in [-0.3, -0.25) is 19.5 Å². The van der Waals surface area contributed by atoms with E-state index >= 15 is 0 Å². The highest BCUT2D eigenvalue weighted by Gasteiger charge is 2.30. The lowest BCUT2D eigenvalue weighted by Crippen LogP contribution is -2.39. The number of piperidine rings is 1. The molecule has 0 aliphatic carbocycles. The van der Waals surface area contributed by atoms with Crippen LogP contribution in [-0.2, 0) is 22.6 Å². The number of aromatic nitrogens is 3. The summed E-state index contributed by atoms with van der Waals surface area (Å²) in [5, 5.41) is 3.18. The normalized spacial score (nSPS) is 20.0. The maximum Gasteiger partial charge on any atom is 0.277 e. The number of H-pyrrole nitrogens is 1. The van der Waals surface area contributed by atoms with Gasteiger partial charge < -0.3 is 9.80 Å². The second-order valence-electron chi connectivity index (χ2n) is 7.39. The van der Waals surface area contributed by atoms with E-state index in [9.17, 15) is 14.4 Å². The van der Waals surface area contributed by atoms with Crippen LogP contribution in [0.3, 0.4) is 0 Å². The molecule has 8 nitrogen and oxygen atoms in total. The van der Waals surface area contributed by atoms with Crippen molar-refractivity contribution in [1.29, 1.82) is 0 Å². The highest BCUT2D eigenvalue weighted by Crippen LogP contribution is 2.31. The summed E-state index contributed by atoms with van der Waals surface area (Å²) in [4.78, 5) is 45.2. The minimum atomic E-state index is -0.156. The average molecular weight is 371 g/mol. The second kappa shape index (κ2) is 6.83. The Balaban J connectivity index is 1.75. The molecule has 0 saturated carbocycles. The molecular formula is C19H25N5O3. The van der Waals surface area contributed by atoms with E-state index in [0.717, 1.165) is 37.2 Å². The molecule has 144 valence electrons. The van der Waals surface area contributed by atoms with Crippen LogP contribution >= 0.6 is 0 Å². The minimum absolute atomic E-state index is 0.0340. The van der Waals surface area contributed by atoms with E-state index in [4.69, 9.17) is 0 Å². The van der Waals surface area contributed by atoms with Crippen LogP contribution in [0.4, 0.5) is 0 Å². The van der Waals surface area contributed by atoms with Crippen molar-refractivity contribution in [3.8, 4) is 0 Å². The molecule has 1 fully saturated rings. The third-order valence-corrected chi connectivity index (χ3v) is 5.71. The van der Waals surface area contributed by atoms with Crippen LogP contribution in [0.25, 0.3) is 5.65 Å². The SMILES string of the molecule is CCC(=O)N1CCCC[C@@H]1c1cc2nc3c(c(=O)n2[nH]1)CN(C(C)=O)CC3. The van der Waals surface area contributed by atoms with Crippen molar-refractivity contribution >= 4 is 17.5 Å². The number of nitrogens with one attached hydrogen (secondary N) is 1. The lowest BCUT2D eigenvalue weighted by molar-refractivity contribution is -0.134. The first-order valence-electron chi connectivity index (χ1n) is 9.68. The number of carbonyl (C=O) groups excluding carboxylic acids is 2. The van der Waals surface area contributed by atoms with E-state index in [1.807, 2.05) is 17.9 Å². The van der Waals surface area contributed by atoms with E-state index < -0.39 is 0 Å². The molecule has 2 aromatic heterocycles. The van der Waals surface area contributed by atoms with E-state index in [2.05, 4.69) is 10.1 Å². The number of hydrogen-bond donors (Lipinski definition) is 1. The van der Waals surface area contributed by atoms with Crippen molar-refractivity contribution in [3.63, 3.8) is 0 Å². The van der Waals surface area contributed by atoms with Crippen molar-refractivity contribution in [2.75, 3.05) is 13.1 Å². The first-order valence-corrected chi connectivity index (χ1v) is 9.68. The summed E-state index contributed by atoms with van der Waals surface area (Å²) in [5.74, 6) is 0.100. The van der Waals surface area contributed by atoms with Gasteiger partial charge in [-0.05, 0) is 19.3 Å². The topological polar surface area (TPSA) is 90.8 Å². The molecule has 8 heteroatoms. The molecule has 0 bridgehead atoms. The van der Waals surface area contributed by atoms with Crippen molar-refractivity contribution in [3.05, 3.63) is 33.4 Å². The molecule has 0 radical (unpaired) electrons. The summed E-state index contributed by atoms with van der Waals surface area (Å²) in [7, 11) is 0. The van der Waals surface area contributed by atoms with Crippen LogP contribution in [0.15, 0.2) is 10.9 Å². The summed E-state index contributed by atoms with van der Waals surface area (Å²) < 4.78 is 1.46. The van der Waals surface area contributed by atoms with Gasteiger partial charge in [0.05, 0.1) is 29.5 Å². The standard InChI is InChI=1S/C19H25N5O3/c1-3-18(26)23-8-5-4-6-16(23)15-10-17-20-14-7-9-22(12(2)25)11-13(14)19(27)24(17)21-15/h10,16,21H,3-9,11H2,1-2H3/t16-/m1/s1. The number of hydrogen-bond acceptors (Lipinski definition) is 4. The van der Waals surface area contributed by atoms with Crippen molar-refractivity contribution in [1.82, 2.24) is 24.4 Å². The molecule has 2 aliphatic rings. The third kappa shape index (κ3) is 3.02. The van der Waals surface area contributed by atoms with Crippen molar-refractivity contribution in [2.24, 2.45) is 0 Å².